The predicted molar refractivity (Wildman–Crippen MR) is 116 cm³/mol. The van der Waals surface area contributed by atoms with Crippen LogP contribution >= 0.6 is 11.6 Å². The average Bonchev–Trinajstić information content (AvgIpc) is 2.72. The Kier molecular flexibility index (Phi) is 6.40. The number of alkyl halides is 1. The van der Waals surface area contributed by atoms with Gasteiger partial charge in [-0.3, -0.25) is 0 Å². The molecule has 3 nitrogen and oxygen atoms in total. The van der Waals surface area contributed by atoms with Crippen molar-refractivity contribution in [2.75, 3.05) is 17.7 Å². The monoisotopic (exact) mass is 395 g/mol. The zero-order valence-electron chi connectivity index (χ0n) is 16.2. The first-order valence-corrected chi connectivity index (χ1v) is 9.92. The van der Waals surface area contributed by atoms with E-state index in [2.05, 4.69) is 5.32 Å². The summed E-state index contributed by atoms with van der Waals surface area (Å²) in [5.74, 6) is 0.148. The van der Waals surface area contributed by atoms with Gasteiger partial charge in [0.25, 0.3) is 0 Å². The molecule has 0 saturated carbocycles. The van der Waals surface area contributed by atoms with Crippen LogP contribution < -0.4 is 5.32 Å². The number of rotatable bonds is 7. The Labute approximate surface area is 171 Å². The maximum Gasteiger partial charge on any atom is 0.142 e. The Hall–Kier alpha value is -2.33. The minimum atomic E-state index is -1.34. The van der Waals surface area contributed by atoms with Gasteiger partial charge in [0.05, 0.1) is 12.0 Å². The van der Waals surface area contributed by atoms with Crippen LogP contribution in [0.1, 0.15) is 27.8 Å². The Balaban J connectivity index is 2.15. The van der Waals surface area contributed by atoms with Crippen molar-refractivity contribution < 1.29 is 10.2 Å². The summed E-state index contributed by atoms with van der Waals surface area (Å²) < 4.78 is 0. The van der Waals surface area contributed by atoms with Crippen molar-refractivity contribution >= 4 is 17.3 Å². The highest BCUT2D eigenvalue weighted by molar-refractivity contribution is 6.18. The first-order chi connectivity index (χ1) is 13.4. The van der Waals surface area contributed by atoms with E-state index in [-0.39, 0.29) is 5.88 Å². The van der Waals surface area contributed by atoms with Gasteiger partial charge in [0.2, 0.25) is 0 Å². The smallest absolute Gasteiger partial charge is 0.142 e. The van der Waals surface area contributed by atoms with Crippen LogP contribution in [0.5, 0.6) is 0 Å². The van der Waals surface area contributed by atoms with Gasteiger partial charge in [-0.15, -0.1) is 11.6 Å². The Morgan fingerprint density at radius 2 is 1.36 bits per heavy atom. The maximum atomic E-state index is 12.1. The second kappa shape index (κ2) is 8.78. The lowest BCUT2D eigenvalue weighted by molar-refractivity contribution is 0.126. The van der Waals surface area contributed by atoms with E-state index in [0.29, 0.717) is 6.54 Å². The molecule has 3 rings (SSSR count). The van der Waals surface area contributed by atoms with E-state index in [4.69, 9.17) is 11.6 Å². The SMILES string of the molecule is Cc1ccc(C(O)(c2ccc(C)cc2)c2ccccc2NCC(O)CCl)cc1. The highest BCUT2D eigenvalue weighted by Gasteiger charge is 2.35. The van der Waals surface area contributed by atoms with E-state index in [0.717, 1.165) is 33.5 Å². The molecule has 1 unspecified atom stereocenters. The molecule has 3 aromatic carbocycles. The van der Waals surface area contributed by atoms with Gasteiger partial charge in [0, 0.05) is 17.8 Å². The number of hydrogen-bond acceptors (Lipinski definition) is 3. The third kappa shape index (κ3) is 4.22. The first-order valence-electron chi connectivity index (χ1n) is 9.39. The number of benzene rings is 3. The van der Waals surface area contributed by atoms with E-state index in [1.807, 2.05) is 86.6 Å². The molecule has 28 heavy (non-hydrogen) atoms. The van der Waals surface area contributed by atoms with Crippen molar-refractivity contribution in [2.24, 2.45) is 0 Å². The topological polar surface area (TPSA) is 52.5 Å². The number of para-hydroxylation sites is 1. The fourth-order valence-corrected chi connectivity index (χ4v) is 3.41. The lowest BCUT2D eigenvalue weighted by atomic mass is 9.79. The molecule has 3 N–H and O–H groups in total. The van der Waals surface area contributed by atoms with Gasteiger partial charge < -0.3 is 15.5 Å². The van der Waals surface area contributed by atoms with Crippen LogP contribution in [0, 0.1) is 13.8 Å². The summed E-state index contributed by atoms with van der Waals surface area (Å²) in [5.41, 5.74) is 3.98. The highest BCUT2D eigenvalue weighted by atomic mass is 35.5. The number of aliphatic hydroxyl groups excluding tert-OH is 1. The molecule has 0 amide bonds. The zero-order chi connectivity index (χ0) is 20.1. The molecule has 0 heterocycles. The lowest BCUT2D eigenvalue weighted by Crippen LogP contribution is -2.31. The number of aryl methyl sites for hydroxylation is 2. The second-order valence-electron chi connectivity index (χ2n) is 7.18. The predicted octanol–water partition coefficient (Wildman–Crippen LogP) is 4.60. The summed E-state index contributed by atoms with van der Waals surface area (Å²) in [6.07, 6.45) is -0.665. The molecular formula is C24H26ClNO2. The third-order valence-electron chi connectivity index (χ3n) is 4.96. The number of halogens is 1. The molecule has 0 saturated heterocycles. The first kappa shape index (κ1) is 20.4. The van der Waals surface area contributed by atoms with Gasteiger partial charge in [-0.1, -0.05) is 77.9 Å². The minimum absolute atomic E-state index is 0.148. The summed E-state index contributed by atoms with van der Waals surface area (Å²) in [5, 5.41) is 25.2. The van der Waals surface area contributed by atoms with Crippen LogP contribution in [0.3, 0.4) is 0 Å². The molecule has 0 radical (unpaired) electrons. The molecule has 4 heteroatoms. The van der Waals surface area contributed by atoms with Gasteiger partial charge in [-0.25, -0.2) is 0 Å². The van der Waals surface area contributed by atoms with Crippen LogP contribution in [0.4, 0.5) is 5.69 Å². The van der Waals surface area contributed by atoms with E-state index < -0.39 is 11.7 Å². The molecule has 0 spiro atoms. The molecule has 0 aliphatic heterocycles. The molecule has 0 bridgehead atoms. The zero-order valence-corrected chi connectivity index (χ0v) is 16.9. The Bertz CT molecular complexity index is 861. The summed E-state index contributed by atoms with van der Waals surface area (Å²) in [4.78, 5) is 0. The summed E-state index contributed by atoms with van der Waals surface area (Å²) in [6.45, 7) is 4.36. The number of aliphatic hydroxyl groups is 2. The average molecular weight is 396 g/mol. The van der Waals surface area contributed by atoms with Gasteiger partial charge in [-0.2, -0.15) is 0 Å². The molecular weight excluding hydrogens is 370 g/mol. The van der Waals surface area contributed by atoms with Crippen LogP contribution in [0.2, 0.25) is 0 Å². The van der Waals surface area contributed by atoms with Gasteiger partial charge in [0.1, 0.15) is 5.60 Å². The number of anilines is 1. The molecule has 0 aliphatic carbocycles. The number of hydrogen-bond donors (Lipinski definition) is 3. The van der Waals surface area contributed by atoms with E-state index in [1.54, 1.807) is 0 Å². The highest BCUT2D eigenvalue weighted by Crippen LogP contribution is 2.40. The molecule has 0 fully saturated rings. The van der Waals surface area contributed by atoms with E-state index >= 15 is 0 Å². The molecule has 1 atom stereocenters. The van der Waals surface area contributed by atoms with Crippen LogP contribution in [0.15, 0.2) is 72.8 Å². The summed E-state index contributed by atoms with van der Waals surface area (Å²) in [6, 6.07) is 23.5. The van der Waals surface area contributed by atoms with Crippen molar-refractivity contribution in [1.82, 2.24) is 0 Å². The lowest BCUT2D eigenvalue weighted by Gasteiger charge is -2.32. The molecule has 0 aromatic heterocycles. The van der Waals surface area contributed by atoms with Gasteiger partial charge >= 0.3 is 0 Å². The number of nitrogens with one attached hydrogen (secondary N) is 1. The fourth-order valence-electron chi connectivity index (χ4n) is 3.30. The van der Waals surface area contributed by atoms with Crippen LogP contribution in [-0.2, 0) is 5.60 Å². The van der Waals surface area contributed by atoms with Crippen molar-refractivity contribution in [3.8, 4) is 0 Å². The molecule has 146 valence electrons. The normalized spacial score (nSPS) is 12.6. The van der Waals surface area contributed by atoms with E-state index in [1.165, 1.54) is 0 Å². The van der Waals surface area contributed by atoms with Crippen LogP contribution in [-0.4, -0.2) is 28.7 Å². The van der Waals surface area contributed by atoms with E-state index in [9.17, 15) is 10.2 Å². The quantitative estimate of drug-likeness (QED) is 0.405. The van der Waals surface area contributed by atoms with Crippen molar-refractivity contribution in [1.29, 1.82) is 0 Å². The summed E-state index contributed by atoms with van der Waals surface area (Å²) in [7, 11) is 0. The molecule has 3 aromatic rings. The van der Waals surface area contributed by atoms with Crippen molar-refractivity contribution in [2.45, 2.75) is 25.6 Å². The summed E-state index contributed by atoms with van der Waals surface area (Å²) >= 11 is 5.73. The minimum Gasteiger partial charge on any atom is -0.390 e. The standard InChI is InChI=1S/C24H26ClNO2/c1-17-7-11-19(12-8-17)24(28,20-13-9-18(2)10-14-20)22-5-3-4-6-23(22)26-16-21(27)15-25/h3-14,21,26-28H,15-16H2,1-2H3. The van der Waals surface area contributed by atoms with Crippen molar-refractivity contribution in [3.05, 3.63) is 101 Å². The van der Waals surface area contributed by atoms with Crippen molar-refractivity contribution in [3.63, 3.8) is 0 Å². The fraction of sp³-hybridized carbons (Fsp3) is 0.250. The third-order valence-corrected chi connectivity index (χ3v) is 5.32. The van der Waals surface area contributed by atoms with Gasteiger partial charge in [0.15, 0.2) is 0 Å². The second-order valence-corrected chi connectivity index (χ2v) is 7.49. The molecule has 0 aliphatic rings. The Morgan fingerprint density at radius 3 is 1.86 bits per heavy atom. The van der Waals surface area contributed by atoms with Gasteiger partial charge in [-0.05, 0) is 31.0 Å². The largest absolute Gasteiger partial charge is 0.390 e. The van der Waals surface area contributed by atoms with Crippen LogP contribution in [0.25, 0.3) is 0 Å². The maximum absolute atomic E-state index is 12.1. The Morgan fingerprint density at radius 1 is 0.857 bits per heavy atom.